The van der Waals surface area contributed by atoms with E-state index >= 15 is 0 Å². The molecule has 116 valence electrons. The van der Waals surface area contributed by atoms with E-state index < -0.39 is 0 Å². The van der Waals surface area contributed by atoms with Crippen molar-refractivity contribution in [2.75, 3.05) is 13.1 Å². The molecule has 0 N–H and O–H groups in total. The van der Waals surface area contributed by atoms with Gasteiger partial charge in [-0.25, -0.2) is 0 Å². The average molecular weight is 288 g/mol. The van der Waals surface area contributed by atoms with Crippen molar-refractivity contribution in [2.24, 2.45) is 4.99 Å². The summed E-state index contributed by atoms with van der Waals surface area (Å²) in [7, 11) is 0. The summed E-state index contributed by atoms with van der Waals surface area (Å²) in [4.78, 5) is 18.6. The Balaban J connectivity index is 2.50. The van der Waals surface area contributed by atoms with Crippen LogP contribution >= 0.6 is 0 Å². The highest BCUT2D eigenvalue weighted by atomic mass is 16.2. The molecule has 1 heterocycles. The smallest absolute Gasteiger partial charge is 0.272 e. The minimum Gasteiger partial charge on any atom is -0.337 e. The number of carbonyl (C=O) groups excluding carboxylic acids is 1. The standard InChI is InChI=1S/C18H28N2O/c1-4-7-8-9-10-11-14-20-15-12-16(6-3)17(18(20)21)19-13-5-2/h5-6,13H,2-4,7-12,14-15H2,1H3/b19-13-. The van der Waals surface area contributed by atoms with E-state index in [2.05, 4.69) is 25.1 Å². The van der Waals surface area contributed by atoms with Gasteiger partial charge in [-0.1, -0.05) is 64.3 Å². The summed E-state index contributed by atoms with van der Waals surface area (Å²) in [5, 5.41) is 0. The molecule has 0 spiro atoms. The first-order chi connectivity index (χ1) is 10.2. The Hall–Kier alpha value is -1.64. The Morgan fingerprint density at radius 1 is 1.19 bits per heavy atom. The molecule has 21 heavy (non-hydrogen) atoms. The van der Waals surface area contributed by atoms with Crippen LogP contribution in [0.2, 0.25) is 0 Å². The van der Waals surface area contributed by atoms with Crippen LogP contribution in [0.15, 0.2) is 41.6 Å². The van der Waals surface area contributed by atoms with Gasteiger partial charge in [0.05, 0.1) is 0 Å². The predicted octanol–water partition coefficient (Wildman–Crippen LogP) is 4.28. The zero-order chi connectivity index (χ0) is 15.5. The number of allylic oxidation sites excluding steroid dienone is 2. The molecule has 0 aromatic carbocycles. The number of aliphatic imine (C=N–C) groups is 1. The van der Waals surface area contributed by atoms with Crippen LogP contribution in [-0.4, -0.2) is 30.1 Å². The molecule has 1 amide bonds. The van der Waals surface area contributed by atoms with Crippen molar-refractivity contribution in [3.05, 3.63) is 36.6 Å². The Morgan fingerprint density at radius 3 is 2.57 bits per heavy atom. The lowest BCUT2D eigenvalue weighted by Crippen LogP contribution is -2.37. The van der Waals surface area contributed by atoms with Crippen LogP contribution in [0.25, 0.3) is 0 Å². The molecular weight excluding hydrogens is 260 g/mol. The fourth-order valence-electron chi connectivity index (χ4n) is 2.52. The molecule has 0 bridgehead atoms. The molecule has 0 aromatic heterocycles. The zero-order valence-corrected chi connectivity index (χ0v) is 13.3. The van der Waals surface area contributed by atoms with E-state index in [1.807, 2.05) is 4.90 Å². The molecule has 0 saturated carbocycles. The summed E-state index contributed by atoms with van der Waals surface area (Å²) in [5.41, 5.74) is 1.47. The summed E-state index contributed by atoms with van der Waals surface area (Å²) in [6, 6.07) is 0. The normalized spacial score (nSPS) is 15.9. The number of hydrogen-bond acceptors (Lipinski definition) is 2. The summed E-state index contributed by atoms with van der Waals surface area (Å²) in [6.45, 7) is 11.2. The third-order valence-electron chi connectivity index (χ3n) is 3.78. The molecule has 0 radical (unpaired) electrons. The van der Waals surface area contributed by atoms with Crippen LogP contribution in [0.5, 0.6) is 0 Å². The topological polar surface area (TPSA) is 32.7 Å². The van der Waals surface area contributed by atoms with Gasteiger partial charge in [0.2, 0.25) is 0 Å². The van der Waals surface area contributed by atoms with Crippen LogP contribution in [0, 0.1) is 0 Å². The highest BCUT2D eigenvalue weighted by molar-refractivity contribution is 5.97. The largest absolute Gasteiger partial charge is 0.337 e. The Labute approximate surface area is 129 Å². The van der Waals surface area contributed by atoms with Gasteiger partial charge < -0.3 is 4.90 Å². The molecule has 1 aliphatic rings. The highest BCUT2D eigenvalue weighted by Crippen LogP contribution is 2.21. The van der Waals surface area contributed by atoms with Gasteiger partial charge in [0, 0.05) is 19.3 Å². The fourth-order valence-corrected chi connectivity index (χ4v) is 2.52. The Bertz CT molecular complexity index is 421. The lowest BCUT2D eigenvalue weighted by Gasteiger charge is -2.28. The van der Waals surface area contributed by atoms with Gasteiger partial charge in [-0.3, -0.25) is 9.79 Å². The van der Waals surface area contributed by atoms with Gasteiger partial charge in [-0.15, -0.1) is 0 Å². The van der Waals surface area contributed by atoms with E-state index in [1.54, 1.807) is 18.4 Å². The van der Waals surface area contributed by atoms with Gasteiger partial charge in [0.15, 0.2) is 0 Å². The number of unbranched alkanes of at least 4 members (excludes halogenated alkanes) is 5. The highest BCUT2D eigenvalue weighted by Gasteiger charge is 2.24. The van der Waals surface area contributed by atoms with Gasteiger partial charge in [-0.2, -0.15) is 0 Å². The lowest BCUT2D eigenvalue weighted by molar-refractivity contribution is -0.127. The monoisotopic (exact) mass is 288 g/mol. The van der Waals surface area contributed by atoms with E-state index in [-0.39, 0.29) is 5.91 Å². The van der Waals surface area contributed by atoms with Gasteiger partial charge in [0.1, 0.15) is 5.70 Å². The quantitative estimate of drug-likeness (QED) is 0.436. The third-order valence-corrected chi connectivity index (χ3v) is 3.78. The van der Waals surface area contributed by atoms with Crippen molar-refractivity contribution in [3.63, 3.8) is 0 Å². The third kappa shape index (κ3) is 5.70. The number of amides is 1. The molecule has 0 atom stereocenters. The molecule has 0 unspecified atom stereocenters. The number of carbonyl (C=O) groups is 1. The molecule has 0 aromatic rings. The lowest BCUT2D eigenvalue weighted by atomic mass is 10.0. The maximum atomic E-state index is 12.4. The van der Waals surface area contributed by atoms with Gasteiger partial charge in [-0.05, 0) is 18.4 Å². The van der Waals surface area contributed by atoms with E-state index in [0.717, 1.165) is 31.5 Å². The maximum absolute atomic E-state index is 12.4. The second-order valence-corrected chi connectivity index (χ2v) is 5.40. The van der Waals surface area contributed by atoms with Crippen LogP contribution in [0.3, 0.4) is 0 Å². The predicted molar refractivity (Wildman–Crippen MR) is 90.5 cm³/mol. The first-order valence-electron chi connectivity index (χ1n) is 8.04. The number of hydrogen-bond donors (Lipinski definition) is 0. The molecule has 0 fully saturated rings. The van der Waals surface area contributed by atoms with E-state index in [4.69, 9.17) is 0 Å². The first-order valence-corrected chi connectivity index (χ1v) is 8.04. The summed E-state index contributed by atoms with van der Waals surface area (Å²) < 4.78 is 0. The summed E-state index contributed by atoms with van der Waals surface area (Å²) >= 11 is 0. The van der Waals surface area contributed by atoms with Crippen molar-refractivity contribution >= 4 is 12.1 Å². The van der Waals surface area contributed by atoms with Crippen LogP contribution in [0.1, 0.15) is 51.9 Å². The Morgan fingerprint density at radius 2 is 1.90 bits per heavy atom. The number of rotatable bonds is 10. The summed E-state index contributed by atoms with van der Waals surface area (Å²) in [5.74, 6) is 0.0304. The second-order valence-electron chi connectivity index (χ2n) is 5.40. The van der Waals surface area contributed by atoms with Crippen LogP contribution < -0.4 is 0 Å². The molecule has 0 aliphatic carbocycles. The maximum Gasteiger partial charge on any atom is 0.272 e. The van der Waals surface area contributed by atoms with Gasteiger partial charge >= 0.3 is 0 Å². The first kappa shape index (κ1) is 17.4. The van der Waals surface area contributed by atoms with Crippen LogP contribution in [0.4, 0.5) is 0 Å². The van der Waals surface area contributed by atoms with E-state index in [9.17, 15) is 4.79 Å². The molecule has 0 saturated heterocycles. The Kier molecular flexibility index (Phi) is 8.41. The van der Waals surface area contributed by atoms with Crippen molar-refractivity contribution in [1.82, 2.24) is 4.90 Å². The van der Waals surface area contributed by atoms with Crippen molar-refractivity contribution in [2.45, 2.75) is 51.9 Å². The molecule has 3 nitrogen and oxygen atoms in total. The van der Waals surface area contributed by atoms with Crippen molar-refractivity contribution in [1.29, 1.82) is 0 Å². The van der Waals surface area contributed by atoms with E-state index in [0.29, 0.717) is 5.70 Å². The second kappa shape index (κ2) is 10.1. The summed E-state index contributed by atoms with van der Waals surface area (Å²) in [6.07, 6.45) is 13.2. The van der Waals surface area contributed by atoms with Crippen molar-refractivity contribution in [3.8, 4) is 0 Å². The fraction of sp³-hybridized carbons (Fsp3) is 0.556. The molecular formula is C18H28N2O. The van der Waals surface area contributed by atoms with Crippen molar-refractivity contribution < 1.29 is 4.79 Å². The molecule has 1 rings (SSSR count). The van der Waals surface area contributed by atoms with E-state index in [1.165, 1.54) is 32.1 Å². The average Bonchev–Trinajstić information content (AvgIpc) is 2.50. The van der Waals surface area contributed by atoms with Crippen LogP contribution in [-0.2, 0) is 4.79 Å². The minimum atomic E-state index is 0.0304. The SMILES string of the molecule is C=C/C=N\C1=C(C=C)CCN(CCCCCCCC)C1=O. The zero-order valence-electron chi connectivity index (χ0n) is 13.3. The minimum absolute atomic E-state index is 0.0304. The number of nitrogens with zero attached hydrogens (tertiary/aromatic N) is 2. The molecule has 1 aliphatic heterocycles. The molecule has 3 heteroatoms. The van der Waals surface area contributed by atoms with Gasteiger partial charge in [0.25, 0.3) is 5.91 Å².